The highest BCUT2D eigenvalue weighted by atomic mass is 35.5. The maximum absolute atomic E-state index is 15.1. The SMILES string of the molecule is COc1ccc(CCN2C(=O)c3[nH]nc(-c4cc(Cl)c(C)cc4O)c3[C@H]2c2ccccc2F)cc1. The third kappa shape index (κ3) is 4.02. The molecule has 2 N–H and O–H groups in total. The molecule has 0 saturated carbocycles. The first-order valence-corrected chi connectivity index (χ1v) is 11.5. The number of nitrogens with zero attached hydrogens (tertiary/aromatic N) is 2. The van der Waals surface area contributed by atoms with Crippen LogP contribution in [0.3, 0.4) is 0 Å². The summed E-state index contributed by atoms with van der Waals surface area (Å²) >= 11 is 6.33. The predicted molar refractivity (Wildman–Crippen MR) is 131 cm³/mol. The largest absolute Gasteiger partial charge is 0.507 e. The van der Waals surface area contributed by atoms with Gasteiger partial charge in [-0.05, 0) is 54.8 Å². The average molecular weight is 492 g/mol. The lowest BCUT2D eigenvalue weighted by molar-refractivity contribution is 0.0744. The number of carbonyl (C=O) groups is 1. The molecule has 0 saturated heterocycles. The number of hydrogen-bond acceptors (Lipinski definition) is 4. The summed E-state index contributed by atoms with van der Waals surface area (Å²) in [6.07, 6.45) is 0.565. The third-order valence-electron chi connectivity index (χ3n) is 6.40. The molecule has 1 atom stereocenters. The minimum atomic E-state index is -0.717. The summed E-state index contributed by atoms with van der Waals surface area (Å²) in [5.74, 6) is 0.0271. The molecule has 0 radical (unpaired) electrons. The minimum absolute atomic E-state index is 0.0161. The van der Waals surface area contributed by atoms with E-state index in [4.69, 9.17) is 16.3 Å². The van der Waals surface area contributed by atoms with E-state index in [1.165, 1.54) is 6.07 Å². The number of halogens is 2. The summed E-state index contributed by atoms with van der Waals surface area (Å²) in [5.41, 5.74) is 3.63. The van der Waals surface area contributed by atoms with Crippen molar-refractivity contribution in [2.45, 2.75) is 19.4 Å². The van der Waals surface area contributed by atoms with Crippen molar-refractivity contribution >= 4 is 17.5 Å². The number of ether oxygens (including phenoxy) is 1. The van der Waals surface area contributed by atoms with Crippen LogP contribution in [-0.2, 0) is 6.42 Å². The Hall–Kier alpha value is -3.84. The molecule has 0 unspecified atom stereocenters. The maximum Gasteiger partial charge on any atom is 0.273 e. The summed E-state index contributed by atoms with van der Waals surface area (Å²) in [5, 5.41) is 18.3. The lowest BCUT2D eigenvalue weighted by Gasteiger charge is -2.27. The van der Waals surface area contributed by atoms with Gasteiger partial charge in [0.05, 0.1) is 13.2 Å². The highest BCUT2D eigenvalue weighted by Crippen LogP contribution is 2.45. The maximum atomic E-state index is 15.1. The van der Waals surface area contributed by atoms with Crippen molar-refractivity contribution < 1.29 is 19.0 Å². The molecular weight excluding hydrogens is 469 g/mol. The Labute approximate surface area is 206 Å². The number of phenolic OH excluding ortho intramolecular Hbond substituents is 1. The third-order valence-corrected chi connectivity index (χ3v) is 6.80. The molecule has 1 aromatic heterocycles. The van der Waals surface area contributed by atoms with Gasteiger partial charge >= 0.3 is 0 Å². The normalized spacial score (nSPS) is 14.9. The fourth-order valence-corrected chi connectivity index (χ4v) is 4.71. The Morgan fingerprint density at radius 3 is 2.63 bits per heavy atom. The summed E-state index contributed by atoms with van der Waals surface area (Å²) in [6.45, 7) is 2.14. The zero-order valence-corrected chi connectivity index (χ0v) is 19.9. The fraction of sp³-hybridized carbons (Fsp3) is 0.185. The predicted octanol–water partition coefficient (Wildman–Crippen LogP) is 5.68. The van der Waals surface area contributed by atoms with Crippen LogP contribution in [0.4, 0.5) is 4.39 Å². The molecule has 0 aliphatic carbocycles. The Morgan fingerprint density at radius 1 is 1.17 bits per heavy atom. The van der Waals surface area contributed by atoms with E-state index in [9.17, 15) is 9.90 Å². The molecule has 1 aliphatic heterocycles. The van der Waals surface area contributed by atoms with E-state index in [1.54, 1.807) is 49.3 Å². The Balaban J connectivity index is 1.58. The molecule has 4 aromatic rings. The summed E-state index contributed by atoms with van der Waals surface area (Å²) in [6, 6.07) is 16.5. The van der Waals surface area contributed by atoms with Gasteiger partial charge in [-0.15, -0.1) is 0 Å². The van der Waals surface area contributed by atoms with Crippen molar-refractivity contribution in [3.63, 3.8) is 0 Å². The molecule has 35 heavy (non-hydrogen) atoms. The number of carbonyl (C=O) groups excluding carboxylic acids is 1. The molecule has 0 fully saturated rings. The number of aryl methyl sites for hydroxylation is 1. The van der Waals surface area contributed by atoms with Crippen molar-refractivity contribution in [1.82, 2.24) is 15.1 Å². The molecule has 2 heterocycles. The van der Waals surface area contributed by atoms with Gasteiger partial charge in [-0.1, -0.05) is 41.9 Å². The van der Waals surface area contributed by atoms with Crippen LogP contribution in [0, 0.1) is 12.7 Å². The number of aromatic hydroxyl groups is 1. The average Bonchev–Trinajstić information content (AvgIpc) is 3.39. The lowest BCUT2D eigenvalue weighted by atomic mass is 9.94. The van der Waals surface area contributed by atoms with Gasteiger partial charge in [-0.3, -0.25) is 9.89 Å². The van der Waals surface area contributed by atoms with Crippen LogP contribution in [0.25, 0.3) is 11.3 Å². The van der Waals surface area contributed by atoms with E-state index in [-0.39, 0.29) is 17.4 Å². The number of fused-ring (bicyclic) bond motifs is 1. The molecule has 178 valence electrons. The topological polar surface area (TPSA) is 78.5 Å². The second-order valence-electron chi connectivity index (χ2n) is 8.50. The van der Waals surface area contributed by atoms with Crippen LogP contribution in [0.5, 0.6) is 11.5 Å². The Kier molecular flexibility index (Phi) is 5.94. The molecule has 1 amide bonds. The lowest BCUT2D eigenvalue weighted by Crippen LogP contribution is -2.32. The van der Waals surface area contributed by atoms with Gasteiger partial charge in [0.2, 0.25) is 0 Å². The number of rotatable bonds is 6. The monoisotopic (exact) mass is 491 g/mol. The summed E-state index contributed by atoms with van der Waals surface area (Å²) < 4.78 is 20.3. The zero-order valence-electron chi connectivity index (χ0n) is 19.2. The van der Waals surface area contributed by atoms with E-state index < -0.39 is 11.9 Å². The van der Waals surface area contributed by atoms with Gasteiger partial charge in [0.1, 0.15) is 28.7 Å². The number of aromatic amines is 1. The Bertz CT molecular complexity index is 1420. The van der Waals surface area contributed by atoms with Crippen molar-refractivity contribution in [3.05, 3.63) is 99.5 Å². The molecule has 0 spiro atoms. The zero-order chi connectivity index (χ0) is 24.7. The second kappa shape index (κ2) is 9.07. The summed E-state index contributed by atoms with van der Waals surface area (Å²) in [4.78, 5) is 15.1. The van der Waals surface area contributed by atoms with Crippen molar-refractivity contribution in [2.24, 2.45) is 0 Å². The highest BCUT2D eigenvalue weighted by Gasteiger charge is 2.43. The van der Waals surface area contributed by atoms with Gasteiger partial charge in [0.25, 0.3) is 5.91 Å². The van der Waals surface area contributed by atoms with E-state index in [0.29, 0.717) is 45.9 Å². The number of methoxy groups -OCH3 is 1. The molecule has 6 nitrogen and oxygen atoms in total. The highest BCUT2D eigenvalue weighted by molar-refractivity contribution is 6.31. The number of H-pyrrole nitrogens is 1. The van der Waals surface area contributed by atoms with Crippen LogP contribution < -0.4 is 4.74 Å². The van der Waals surface area contributed by atoms with Gasteiger partial charge in [0, 0.05) is 28.3 Å². The number of benzene rings is 3. The minimum Gasteiger partial charge on any atom is -0.507 e. The van der Waals surface area contributed by atoms with Crippen LogP contribution >= 0.6 is 11.6 Å². The fourth-order valence-electron chi connectivity index (χ4n) is 4.55. The molecule has 5 rings (SSSR count). The van der Waals surface area contributed by atoms with E-state index >= 15 is 4.39 Å². The van der Waals surface area contributed by atoms with Crippen LogP contribution in [0.2, 0.25) is 5.02 Å². The molecule has 0 bridgehead atoms. The van der Waals surface area contributed by atoms with Crippen molar-refractivity contribution in [1.29, 1.82) is 0 Å². The van der Waals surface area contributed by atoms with Crippen LogP contribution in [-0.4, -0.2) is 39.8 Å². The van der Waals surface area contributed by atoms with Gasteiger partial charge in [-0.2, -0.15) is 5.10 Å². The van der Waals surface area contributed by atoms with E-state index in [1.807, 2.05) is 24.3 Å². The van der Waals surface area contributed by atoms with Crippen molar-refractivity contribution in [3.8, 4) is 22.8 Å². The molecular formula is C27H23ClFN3O3. The summed E-state index contributed by atoms with van der Waals surface area (Å²) in [7, 11) is 1.61. The first-order valence-electron chi connectivity index (χ1n) is 11.1. The van der Waals surface area contributed by atoms with E-state index in [2.05, 4.69) is 10.2 Å². The van der Waals surface area contributed by atoms with Crippen LogP contribution in [0.15, 0.2) is 60.7 Å². The number of amides is 1. The number of aromatic nitrogens is 2. The molecule has 1 aliphatic rings. The van der Waals surface area contributed by atoms with Gasteiger partial charge in [0.15, 0.2) is 0 Å². The number of phenols is 1. The Morgan fingerprint density at radius 2 is 1.91 bits per heavy atom. The van der Waals surface area contributed by atoms with Gasteiger partial charge < -0.3 is 14.7 Å². The second-order valence-corrected chi connectivity index (χ2v) is 8.91. The first-order chi connectivity index (χ1) is 16.9. The quantitative estimate of drug-likeness (QED) is 0.364. The number of hydrogen-bond donors (Lipinski definition) is 2. The number of nitrogens with one attached hydrogen (secondary N) is 1. The van der Waals surface area contributed by atoms with Gasteiger partial charge in [-0.25, -0.2) is 4.39 Å². The first kappa shape index (κ1) is 22.9. The standard InChI is InChI=1S/C27H23ClFN3O3/c1-15-13-22(33)19(14-20(15)28)24-23-25(31-30-24)27(34)32(26(23)18-5-3-4-6-21(18)29)12-11-16-7-9-17(35-2)10-8-16/h3-10,13-14,26,33H,11-12H2,1-2H3,(H,30,31)/t26-/m1/s1. The van der Waals surface area contributed by atoms with Crippen molar-refractivity contribution in [2.75, 3.05) is 13.7 Å². The van der Waals surface area contributed by atoms with E-state index in [0.717, 1.165) is 11.3 Å². The molecule has 3 aromatic carbocycles. The molecule has 8 heteroatoms. The van der Waals surface area contributed by atoms with Crippen LogP contribution in [0.1, 0.15) is 38.8 Å². The smallest absolute Gasteiger partial charge is 0.273 e.